The number of nitrogens with one attached hydrogen (secondary N) is 1. The molecule has 1 aliphatic rings. The number of benzene rings is 2. The van der Waals surface area contributed by atoms with Crippen LogP contribution in [0.2, 0.25) is 0 Å². The number of aryl methyl sites for hydroxylation is 2. The van der Waals surface area contributed by atoms with Crippen molar-refractivity contribution >= 4 is 28.7 Å². The molecule has 2 aromatic rings. The maximum Gasteiger partial charge on any atom is 0.241 e. The molecule has 1 aliphatic heterocycles. The van der Waals surface area contributed by atoms with E-state index in [0.717, 1.165) is 16.9 Å². The predicted octanol–water partition coefficient (Wildman–Crippen LogP) is 3.76. The van der Waals surface area contributed by atoms with Crippen LogP contribution >= 0.6 is 11.8 Å². The Morgan fingerprint density at radius 2 is 1.77 bits per heavy atom. The Balaban J connectivity index is 1.67. The molecule has 3 rings (SSSR count). The average Bonchev–Trinajstić information content (AvgIpc) is 3.10. The van der Waals surface area contributed by atoms with E-state index in [1.54, 1.807) is 0 Å². The normalized spacial score (nSPS) is 15.5. The van der Waals surface area contributed by atoms with E-state index >= 15 is 0 Å². The molecule has 1 heterocycles. The molecule has 2 amide bonds. The number of ether oxygens (including phenoxy) is 2. The molecule has 0 saturated carbocycles. The summed E-state index contributed by atoms with van der Waals surface area (Å²) in [6, 6.07) is 13.5. The van der Waals surface area contributed by atoms with Gasteiger partial charge >= 0.3 is 0 Å². The third kappa shape index (κ3) is 5.33. The molecule has 1 N–H and O–H groups in total. The number of nitrogens with zero attached hydrogens (tertiary/aromatic N) is 2. The van der Waals surface area contributed by atoms with Crippen LogP contribution in [0, 0.1) is 13.8 Å². The number of amides is 2. The zero-order valence-electron chi connectivity index (χ0n) is 17.5. The second kappa shape index (κ2) is 9.67. The van der Waals surface area contributed by atoms with E-state index in [2.05, 4.69) is 16.5 Å². The van der Waals surface area contributed by atoms with Crippen molar-refractivity contribution in [1.29, 1.82) is 0 Å². The minimum Gasteiger partial charge on any atom is -0.490 e. The first kappa shape index (κ1) is 21.7. The van der Waals surface area contributed by atoms with Crippen LogP contribution < -0.4 is 14.8 Å². The van der Waals surface area contributed by atoms with E-state index in [1.165, 1.54) is 36.2 Å². The van der Waals surface area contributed by atoms with Crippen LogP contribution in [-0.2, 0) is 9.59 Å². The van der Waals surface area contributed by atoms with E-state index in [9.17, 15) is 9.59 Å². The minimum absolute atomic E-state index is 0.221. The summed E-state index contributed by atoms with van der Waals surface area (Å²) < 4.78 is 11.8. The van der Waals surface area contributed by atoms with Crippen molar-refractivity contribution in [3.05, 3.63) is 59.2 Å². The lowest BCUT2D eigenvalue weighted by Gasteiger charge is -2.22. The van der Waals surface area contributed by atoms with Gasteiger partial charge in [0.1, 0.15) is 30.1 Å². The quantitative estimate of drug-likeness (QED) is 0.710. The smallest absolute Gasteiger partial charge is 0.241 e. The summed E-state index contributed by atoms with van der Waals surface area (Å²) in [6.07, 6.45) is 0. The SMILES string of the molecule is CC(=O)NC1=NN(C(C)=O)[C@H](c2ccccc2OCCOc2ccc(C)cc2C)S1. The van der Waals surface area contributed by atoms with Gasteiger partial charge in [0.05, 0.1) is 0 Å². The molecule has 0 fully saturated rings. The molecule has 1 atom stereocenters. The molecule has 8 heteroatoms. The highest BCUT2D eigenvalue weighted by Gasteiger charge is 2.34. The zero-order chi connectivity index (χ0) is 21.7. The Labute approximate surface area is 180 Å². The molecule has 0 aliphatic carbocycles. The van der Waals surface area contributed by atoms with E-state index in [0.29, 0.717) is 24.1 Å². The number of hydrazone groups is 1. The second-order valence-corrected chi connectivity index (χ2v) is 7.99. The number of rotatable bonds is 6. The van der Waals surface area contributed by atoms with Crippen LogP contribution in [0.3, 0.4) is 0 Å². The van der Waals surface area contributed by atoms with Crippen molar-refractivity contribution in [1.82, 2.24) is 10.3 Å². The summed E-state index contributed by atoms with van der Waals surface area (Å²) in [5, 5.41) is 8.20. The average molecular weight is 428 g/mol. The monoisotopic (exact) mass is 427 g/mol. The molecule has 2 aromatic carbocycles. The number of carbonyl (C=O) groups is 2. The van der Waals surface area contributed by atoms with Crippen LogP contribution in [0.5, 0.6) is 11.5 Å². The highest BCUT2D eigenvalue weighted by atomic mass is 32.2. The van der Waals surface area contributed by atoms with Gasteiger partial charge in [0.15, 0.2) is 5.17 Å². The van der Waals surface area contributed by atoms with Crippen LogP contribution in [0.25, 0.3) is 0 Å². The molecule has 7 nitrogen and oxygen atoms in total. The highest BCUT2D eigenvalue weighted by Crippen LogP contribution is 2.42. The summed E-state index contributed by atoms with van der Waals surface area (Å²) in [5.41, 5.74) is 3.07. The van der Waals surface area contributed by atoms with Gasteiger partial charge in [-0.25, -0.2) is 5.01 Å². The molecule has 0 aromatic heterocycles. The van der Waals surface area contributed by atoms with Crippen molar-refractivity contribution in [2.45, 2.75) is 33.1 Å². The van der Waals surface area contributed by atoms with Gasteiger partial charge in [0.25, 0.3) is 0 Å². The predicted molar refractivity (Wildman–Crippen MR) is 117 cm³/mol. The summed E-state index contributed by atoms with van der Waals surface area (Å²) >= 11 is 1.29. The summed E-state index contributed by atoms with van der Waals surface area (Å²) in [7, 11) is 0. The molecule has 0 saturated heterocycles. The fourth-order valence-electron chi connectivity index (χ4n) is 3.05. The Morgan fingerprint density at radius 1 is 1.07 bits per heavy atom. The summed E-state index contributed by atoms with van der Waals surface area (Å²) in [5.74, 6) is 1.02. The highest BCUT2D eigenvalue weighted by molar-refractivity contribution is 8.14. The maximum absolute atomic E-state index is 12.1. The first-order valence-corrected chi connectivity index (χ1v) is 10.5. The fraction of sp³-hybridized carbons (Fsp3) is 0.318. The van der Waals surface area contributed by atoms with E-state index in [-0.39, 0.29) is 11.8 Å². The van der Waals surface area contributed by atoms with Gasteiger partial charge in [-0.2, -0.15) is 0 Å². The summed E-state index contributed by atoms with van der Waals surface area (Å²) in [4.78, 5) is 23.5. The van der Waals surface area contributed by atoms with Crippen molar-refractivity contribution < 1.29 is 19.1 Å². The summed E-state index contributed by atoms with van der Waals surface area (Å²) in [6.45, 7) is 7.64. The first-order valence-electron chi connectivity index (χ1n) is 9.59. The molecule has 0 spiro atoms. The van der Waals surface area contributed by atoms with E-state index < -0.39 is 5.37 Å². The Kier molecular flexibility index (Phi) is 6.99. The number of thioether (sulfide) groups is 1. The molecular formula is C22H25N3O4S. The van der Waals surface area contributed by atoms with Crippen LogP contribution in [0.1, 0.15) is 35.9 Å². The standard InChI is InChI=1S/C22H25N3O4S/c1-14-9-10-19(15(2)13-14)28-11-12-29-20-8-6-5-7-18(20)21-25(17(4)27)24-22(30-21)23-16(3)26/h5-10,13,21H,11-12H2,1-4H3,(H,23,24,26)/t21-/m0/s1. The number of hydrogen-bond donors (Lipinski definition) is 1. The van der Waals surface area contributed by atoms with E-state index in [4.69, 9.17) is 9.47 Å². The lowest BCUT2D eigenvalue weighted by molar-refractivity contribution is -0.129. The number of hydrogen-bond acceptors (Lipinski definition) is 6. The minimum atomic E-state index is -0.416. The van der Waals surface area contributed by atoms with Gasteiger partial charge in [0, 0.05) is 19.4 Å². The van der Waals surface area contributed by atoms with Gasteiger partial charge in [-0.3, -0.25) is 9.59 Å². The third-order valence-corrected chi connectivity index (χ3v) is 5.45. The van der Waals surface area contributed by atoms with Gasteiger partial charge in [-0.15, -0.1) is 5.10 Å². The van der Waals surface area contributed by atoms with Crippen molar-refractivity contribution in [2.24, 2.45) is 5.10 Å². The van der Waals surface area contributed by atoms with Crippen LogP contribution in [0.15, 0.2) is 47.6 Å². The number of amidine groups is 1. The molecule has 0 radical (unpaired) electrons. The lowest BCUT2D eigenvalue weighted by atomic mass is 10.1. The largest absolute Gasteiger partial charge is 0.490 e. The number of carbonyl (C=O) groups excluding carboxylic acids is 2. The fourth-order valence-corrected chi connectivity index (χ4v) is 4.21. The Morgan fingerprint density at radius 3 is 2.43 bits per heavy atom. The molecule has 0 bridgehead atoms. The molecule has 158 valence electrons. The maximum atomic E-state index is 12.1. The van der Waals surface area contributed by atoms with E-state index in [1.807, 2.05) is 50.2 Å². The van der Waals surface area contributed by atoms with Gasteiger partial charge in [-0.05, 0) is 31.5 Å². The molecule has 0 unspecified atom stereocenters. The Hall–Kier alpha value is -3.00. The molecule has 30 heavy (non-hydrogen) atoms. The van der Waals surface area contributed by atoms with Gasteiger partial charge in [-0.1, -0.05) is 47.7 Å². The van der Waals surface area contributed by atoms with Gasteiger partial charge < -0.3 is 14.8 Å². The molecular weight excluding hydrogens is 402 g/mol. The van der Waals surface area contributed by atoms with Crippen molar-refractivity contribution in [3.8, 4) is 11.5 Å². The third-order valence-electron chi connectivity index (χ3n) is 4.36. The lowest BCUT2D eigenvalue weighted by Crippen LogP contribution is -2.25. The zero-order valence-corrected chi connectivity index (χ0v) is 18.3. The topological polar surface area (TPSA) is 80.2 Å². The van der Waals surface area contributed by atoms with Crippen molar-refractivity contribution in [3.63, 3.8) is 0 Å². The Bertz CT molecular complexity index is 977. The first-order chi connectivity index (χ1) is 14.3. The van der Waals surface area contributed by atoms with Crippen molar-refractivity contribution in [2.75, 3.05) is 13.2 Å². The van der Waals surface area contributed by atoms with Gasteiger partial charge in [0.2, 0.25) is 11.8 Å². The number of para-hydroxylation sites is 1. The van der Waals surface area contributed by atoms with Crippen LogP contribution in [-0.4, -0.2) is 35.2 Å². The van der Waals surface area contributed by atoms with Crippen LogP contribution in [0.4, 0.5) is 0 Å². The second-order valence-electron chi connectivity index (χ2n) is 6.92.